The molecule has 30 heavy (non-hydrogen) atoms. The highest BCUT2D eigenvalue weighted by Crippen LogP contribution is 2.48. The fourth-order valence-electron chi connectivity index (χ4n) is 3.84. The van der Waals surface area contributed by atoms with Crippen LogP contribution in [0.4, 0.5) is 19.0 Å². The van der Waals surface area contributed by atoms with Crippen LogP contribution in [0.3, 0.4) is 0 Å². The first-order valence-corrected chi connectivity index (χ1v) is 10.1. The van der Waals surface area contributed by atoms with Crippen molar-refractivity contribution in [2.24, 2.45) is 5.92 Å². The van der Waals surface area contributed by atoms with Gasteiger partial charge in [-0.2, -0.15) is 13.2 Å². The molecule has 2 atom stereocenters. The number of anilines is 1. The van der Waals surface area contributed by atoms with E-state index in [0.717, 1.165) is 55.3 Å². The van der Waals surface area contributed by atoms with Crippen LogP contribution in [0.15, 0.2) is 42.6 Å². The molecular weight excluding hydrogens is 393 g/mol. The summed E-state index contributed by atoms with van der Waals surface area (Å²) in [6, 6.07) is 9.06. The van der Waals surface area contributed by atoms with Crippen molar-refractivity contribution < 1.29 is 18.0 Å². The molecule has 2 fully saturated rings. The van der Waals surface area contributed by atoms with Gasteiger partial charge in [-0.25, -0.2) is 4.98 Å². The molecule has 2 heterocycles. The quantitative estimate of drug-likeness (QED) is 0.810. The highest BCUT2D eigenvalue weighted by Gasteiger charge is 2.44. The molecule has 0 bridgehead atoms. The Morgan fingerprint density at radius 2 is 1.80 bits per heavy atom. The van der Waals surface area contributed by atoms with Crippen molar-refractivity contribution in [1.29, 1.82) is 0 Å². The molecule has 8 heteroatoms. The topological polar surface area (TPSA) is 48.5 Å². The number of nitrogens with zero attached hydrogens (tertiary/aromatic N) is 3. The van der Waals surface area contributed by atoms with E-state index >= 15 is 0 Å². The molecule has 2 aromatic rings. The number of hydrogen-bond acceptors (Lipinski definition) is 4. The zero-order valence-electron chi connectivity index (χ0n) is 16.8. The van der Waals surface area contributed by atoms with Crippen LogP contribution in [-0.2, 0) is 17.5 Å². The summed E-state index contributed by atoms with van der Waals surface area (Å²) in [5, 5.41) is 2.92. The summed E-state index contributed by atoms with van der Waals surface area (Å²) < 4.78 is 38.0. The van der Waals surface area contributed by atoms with Gasteiger partial charge in [0.15, 0.2) is 0 Å². The number of nitrogens with one attached hydrogen (secondary N) is 1. The molecule has 0 spiro atoms. The third-order valence-electron chi connectivity index (χ3n) is 5.90. The van der Waals surface area contributed by atoms with Gasteiger partial charge in [-0.05, 0) is 48.7 Å². The summed E-state index contributed by atoms with van der Waals surface area (Å²) in [5.41, 5.74) is 1.04. The summed E-state index contributed by atoms with van der Waals surface area (Å²) in [7, 11) is 2.11. The maximum absolute atomic E-state index is 12.7. The van der Waals surface area contributed by atoms with Gasteiger partial charge in [-0.1, -0.05) is 18.2 Å². The maximum atomic E-state index is 12.7. The Balaban J connectivity index is 1.26. The van der Waals surface area contributed by atoms with Crippen LogP contribution >= 0.6 is 0 Å². The fourth-order valence-corrected chi connectivity index (χ4v) is 3.84. The Bertz CT molecular complexity index is 875. The minimum Gasteiger partial charge on any atom is -0.354 e. The molecule has 4 rings (SSSR count). The lowest BCUT2D eigenvalue weighted by molar-refractivity contribution is -0.137. The summed E-state index contributed by atoms with van der Waals surface area (Å²) in [4.78, 5) is 21.5. The van der Waals surface area contributed by atoms with Gasteiger partial charge in [-0.3, -0.25) is 4.79 Å². The van der Waals surface area contributed by atoms with Gasteiger partial charge in [0, 0.05) is 44.8 Å². The van der Waals surface area contributed by atoms with Crippen molar-refractivity contribution in [2.75, 3.05) is 38.1 Å². The Hall–Kier alpha value is -2.61. The van der Waals surface area contributed by atoms with Gasteiger partial charge in [0.05, 0.1) is 5.56 Å². The molecule has 1 saturated carbocycles. The smallest absolute Gasteiger partial charge is 0.354 e. The number of carbonyl (C=O) groups is 1. The van der Waals surface area contributed by atoms with Gasteiger partial charge < -0.3 is 15.1 Å². The van der Waals surface area contributed by atoms with E-state index in [9.17, 15) is 18.0 Å². The second-order valence-corrected chi connectivity index (χ2v) is 8.10. The number of likely N-dealkylation sites (N-methyl/N-ethyl adjacent to an activating group) is 1. The molecule has 160 valence electrons. The van der Waals surface area contributed by atoms with E-state index in [2.05, 4.69) is 27.1 Å². The van der Waals surface area contributed by atoms with Crippen LogP contribution in [0.2, 0.25) is 0 Å². The maximum Gasteiger partial charge on any atom is 0.416 e. The lowest BCUT2D eigenvalue weighted by Gasteiger charge is -2.33. The monoisotopic (exact) mass is 418 g/mol. The Labute approximate surface area is 173 Å². The first-order chi connectivity index (χ1) is 14.3. The van der Waals surface area contributed by atoms with Crippen molar-refractivity contribution in [3.63, 3.8) is 0 Å². The number of alkyl halides is 3. The van der Waals surface area contributed by atoms with Crippen LogP contribution in [0.5, 0.6) is 0 Å². The zero-order chi connectivity index (χ0) is 21.3. The molecule has 1 N–H and O–H groups in total. The highest BCUT2D eigenvalue weighted by molar-refractivity contribution is 5.82. The Morgan fingerprint density at radius 1 is 1.10 bits per heavy atom. The van der Waals surface area contributed by atoms with E-state index < -0.39 is 11.7 Å². The van der Waals surface area contributed by atoms with Crippen LogP contribution in [0, 0.1) is 5.92 Å². The number of hydrogen-bond donors (Lipinski definition) is 1. The minimum atomic E-state index is -4.34. The molecule has 1 aromatic heterocycles. The molecule has 1 amide bonds. The average molecular weight is 418 g/mol. The van der Waals surface area contributed by atoms with Gasteiger partial charge in [0.1, 0.15) is 5.82 Å². The number of carbonyl (C=O) groups excluding carboxylic acids is 1. The van der Waals surface area contributed by atoms with Crippen LogP contribution in [0.1, 0.15) is 29.0 Å². The summed E-state index contributed by atoms with van der Waals surface area (Å²) in [6.07, 6.45) is -1.89. The molecule has 1 aliphatic carbocycles. The van der Waals surface area contributed by atoms with E-state index in [0.29, 0.717) is 13.0 Å². The van der Waals surface area contributed by atoms with E-state index in [4.69, 9.17) is 0 Å². The zero-order valence-corrected chi connectivity index (χ0v) is 16.8. The van der Waals surface area contributed by atoms with Crippen molar-refractivity contribution >= 4 is 11.7 Å². The molecule has 5 nitrogen and oxygen atoms in total. The predicted octanol–water partition coefficient (Wildman–Crippen LogP) is 3.27. The number of piperazine rings is 1. The number of amides is 1. The van der Waals surface area contributed by atoms with Crippen molar-refractivity contribution in [3.05, 3.63) is 59.3 Å². The van der Waals surface area contributed by atoms with Gasteiger partial charge in [0.2, 0.25) is 5.91 Å². The molecule has 1 saturated heterocycles. The van der Waals surface area contributed by atoms with Crippen molar-refractivity contribution in [1.82, 2.24) is 15.2 Å². The van der Waals surface area contributed by atoms with Gasteiger partial charge in [-0.15, -0.1) is 0 Å². The number of benzene rings is 1. The number of rotatable bonds is 5. The highest BCUT2D eigenvalue weighted by atomic mass is 19.4. The van der Waals surface area contributed by atoms with E-state index in [1.54, 1.807) is 6.20 Å². The first-order valence-electron chi connectivity index (χ1n) is 10.1. The second kappa shape index (κ2) is 8.26. The Kier molecular flexibility index (Phi) is 5.69. The van der Waals surface area contributed by atoms with Gasteiger partial charge >= 0.3 is 6.18 Å². The lowest BCUT2D eigenvalue weighted by Crippen LogP contribution is -2.44. The second-order valence-electron chi connectivity index (χ2n) is 8.10. The average Bonchev–Trinajstić information content (AvgIpc) is 3.54. The van der Waals surface area contributed by atoms with E-state index in [1.165, 1.54) is 12.1 Å². The summed E-state index contributed by atoms with van der Waals surface area (Å²) in [6.45, 7) is 4.33. The van der Waals surface area contributed by atoms with Crippen molar-refractivity contribution in [2.45, 2.75) is 25.1 Å². The Morgan fingerprint density at radius 3 is 2.40 bits per heavy atom. The first kappa shape index (κ1) is 20.7. The molecular formula is C22H25F3N4O. The molecule has 1 aromatic carbocycles. The van der Waals surface area contributed by atoms with Crippen LogP contribution in [-0.4, -0.2) is 49.0 Å². The number of pyridine rings is 1. The lowest BCUT2D eigenvalue weighted by atomic mass is 10.1. The number of halogens is 3. The molecule has 0 radical (unpaired) electrons. The minimum absolute atomic E-state index is 0.00924. The molecule has 1 aliphatic heterocycles. The largest absolute Gasteiger partial charge is 0.416 e. The standard InChI is InChI=1S/C22H25F3N4O/c1-28-8-10-29(11-9-28)20-7-2-15(13-26-20)14-27-21(30)19-12-18(19)16-3-5-17(6-4-16)22(23,24)25/h2-7,13,18-19H,8-12,14H2,1H3,(H,27,30). The SMILES string of the molecule is CN1CCN(c2ccc(CNC(=O)C3CC3c3ccc(C(F)(F)F)cc3)cn2)CC1. The molecule has 2 aliphatic rings. The normalized spacial score (nSPS) is 22.1. The number of aromatic nitrogens is 1. The fraction of sp³-hybridized carbons (Fsp3) is 0.455. The van der Waals surface area contributed by atoms with Crippen LogP contribution < -0.4 is 10.2 Å². The molecule has 2 unspecified atom stereocenters. The van der Waals surface area contributed by atoms with Crippen LogP contribution in [0.25, 0.3) is 0 Å². The van der Waals surface area contributed by atoms with E-state index in [-0.39, 0.29) is 17.7 Å². The third kappa shape index (κ3) is 4.75. The third-order valence-corrected chi connectivity index (χ3v) is 5.90. The predicted molar refractivity (Wildman–Crippen MR) is 108 cm³/mol. The van der Waals surface area contributed by atoms with Crippen molar-refractivity contribution in [3.8, 4) is 0 Å². The van der Waals surface area contributed by atoms with Gasteiger partial charge in [0.25, 0.3) is 0 Å². The summed E-state index contributed by atoms with van der Waals surface area (Å²) >= 11 is 0. The van der Waals surface area contributed by atoms with E-state index in [1.807, 2.05) is 12.1 Å². The summed E-state index contributed by atoms with van der Waals surface area (Å²) in [5.74, 6) is 0.690.